The lowest BCUT2D eigenvalue weighted by molar-refractivity contribution is 0.480. The number of phenolic OH excluding ortho intramolecular Hbond substituents is 1. The van der Waals surface area contributed by atoms with Crippen molar-refractivity contribution in [3.05, 3.63) is 32.8 Å². The van der Waals surface area contributed by atoms with E-state index in [0.29, 0.717) is 12.4 Å². The zero-order valence-corrected chi connectivity index (χ0v) is 12.7. The summed E-state index contributed by atoms with van der Waals surface area (Å²) in [7, 11) is 2.08. The number of benzene rings is 1. The molecule has 2 aromatic rings. The molecule has 0 aliphatic heterocycles. The van der Waals surface area contributed by atoms with E-state index in [0.717, 1.165) is 6.42 Å². The Balaban J connectivity index is 2.52. The fraction of sp³-hybridized carbons (Fsp3) is 0.385. The minimum Gasteiger partial charge on any atom is -0.504 e. The lowest BCUT2D eigenvalue weighted by Crippen LogP contribution is -2.21. The maximum absolute atomic E-state index is 12.4. The standard InChI is InChI=1S/C13H14BCl2N2O2/c1-7(14-2)3-4-18-6-17-11-10(13(18)20)8(15)5-9(16)12(11)19/h5-7,19H,3-4H2,1-2H3. The van der Waals surface area contributed by atoms with E-state index in [-0.39, 0.29) is 32.3 Å². The number of rotatable bonds is 4. The highest BCUT2D eigenvalue weighted by Crippen LogP contribution is 2.34. The lowest BCUT2D eigenvalue weighted by atomic mass is 9.66. The monoisotopic (exact) mass is 311 g/mol. The first-order valence-electron chi connectivity index (χ1n) is 6.31. The molecular weight excluding hydrogens is 298 g/mol. The summed E-state index contributed by atoms with van der Waals surface area (Å²) in [5.41, 5.74) is -0.130. The number of phenols is 1. The summed E-state index contributed by atoms with van der Waals surface area (Å²) >= 11 is 11.9. The van der Waals surface area contributed by atoms with Gasteiger partial charge < -0.3 is 5.11 Å². The van der Waals surface area contributed by atoms with Gasteiger partial charge in [-0.25, -0.2) is 4.98 Å². The molecule has 1 radical (unpaired) electrons. The molecule has 0 amide bonds. The van der Waals surface area contributed by atoms with Crippen LogP contribution >= 0.6 is 23.2 Å². The Morgan fingerprint density at radius 1 is 1.45 bits per heavy atom. The Kier molecular flexibility index (Phi) is 4.61. The number of aryl methyl sites for hydroxylation is 1. The van der Waals surface area contributed by atoms with E-state index in [1.165, 1.54) is 17.0 Å². The van der Waals surface area contributed by atoms with E-state index in [2.05, 4.69) is 19.2 Å². The first kappa shape index (κ1) is 15.2. The molecule has 1 heterocycles. The van der Waals surface area contributed by atoms with Gasteiger partial charge in [0, 0.05) is 6.54 Å². The fourth-order valence-electron chi connectivity index (χ4n) is 1.92. The van der Waals surface area contributed by atoms with Crippen LogP contribution in [0.15, 0.2) is 17.2 Å². The van der Waals surface area contributed by atoms with Crippen LogP contribution < -0.4 is 5.56 Å². The Bertz CT molecular complexity index is 703. The molecule has 4 nitrogen and oxygen atoms in total. The predicted octanol–water partition coefficient (Wildman–Crippen LogP) is 3.36. The van der Waals surface area contributed by atoms with Crippen LogP contribution in [-0.4, -0.2) is 21.9 Å². The van der Waals surface area contributed by atoms with Gasteiger partial charge in [-0.1, -0.05) is 42.8 Å². The van der Waals surface area contributed by atoms with E-state index >= 15 is 0 Å². The van der Waals surface area contributed by atoms with Crippen LogP contribution in [0.3, 0.4) is 0 Å². The van der Waals surface area contributed by atoms with Crippen molar-refractivity contribution in [1.82, 2.24) is 9.55 Å². The third-order valence-corrected chi connectivity index (χ3v) is 3.96. The maximum atomic E-state index is 12.4. The van der Waals surface area contributed by atoms with Crippen molar-refractivity contribution < 1.29 is 5.11 Å². The number of aromatic hydroxyl groups is 1. The van der Waals surface area contributed by atoms with Gasteiger partial charge in [-0.3, -0.25) is 9.36 Å². The minimum absolute atomic E-state index is 0.0846. The van der Waals surface area contributed by atoms with Gasteiger partial charge in [0.2, 0.25) is 0 Å². The maximum Gasteiger partial charge on any atom is 0.262 e. The third kappa shape index (κ3) is 2.79. The first-order chi connectivity index (χ1) is 9.45. The number of fused-ring (bicyclic) bond motifs is 1. The number of hydrogen-bond acceptors (Lipinski definition) is 3. The highest BCUT2D eigenvalue weighted by molar-refractivity contribution is 6.39. The molecule has 1 unspecified atom stereocenters. The number of aromatic nitrogens is 2. The smallest absolute Gasteiger partial charge is 0.262 e. The van der Waals surface area contributed by atoms with E-state index in [1.807, 2.05) is 6.82 Å². The second-order valence-corrected chi connectivity index (χ2v) is 5.57. The first-order valence-corrected chi connectivity index (χ1v) is 7.07. The molecule has 0 bridgehead atoms. The Labute approximate surface area is 127 Å². The normalized spacial score (nSPS) is 12.6. The van der Waals surface area contributed by atoms with Gasteiger partial charge in [-0.05, 0) is 12.5 Å². The summed E-state index contributed by atoms with van der Waals surface area (Å²) in [4.78, 5) is 16.5. The second-order valence-electron chi connectivity index (χ2n) is 4.75. The molecular formula is C13H14BCl2N2O2. The molecule has 1 aromatic heterocycles. The molecule has 1 aromatic carbocycles. The summed E-state index contributed by atoms with van der Waals surface area (Å²) in [5.74, 6) is 0.192. The molecule has 0 spiro atoms. The minimum atomic E-state index is -0.268. The molecule has 0 aliphatic rings. The molecule has 0 saturated heterocycles. The van der Waals surface area contributed by atoms with Crippen LogP contribution in [0, 0.1) is 0 Å². The van der Waals surface area contributed by atoms with Crippen LogP contribution in [0.25, 0.3) is 10.9 Å². The molecule has 105 valence electrons. The van der Waals surface area contributed by atoms with Gasteiger partial charge in [0.05, 0.1) is 21.8 Å². The third-order valence-electron chi connectivity index (χ3n) is 3.37. The quantitative estimate of drug-likeness (QED) is 0.881. The van der Waals surface area contributed by atoms with Crippen molar-refractivity contribution in [3.63, 3.8) is 0 Å². The molecule has 0 fully saturated rings. The molecule has 0 saturated carbocycles. The van der Waals surface area contributed by atoms with Crippen molar-refractivity contribution >= 4 is 41.4 Å². The molecule has 2 rings (SSSR count). The summed E-state index contributed by atoms with van der Waals surface area (Å²) in [6, 6.07) is 1.36. The highest BCUT2D eigenvalue weighted by Gasteiger charge is 2.15. The number of nitrogens with zero attached hydrogens (tertiary/aromatic N) is 2. The van der Waals surface area contributed by atoms with E-state index in [9.17, 15) is 9.90 Å². The van der Waals surface area contributed by atoms with Crippen LogP contribution in [0.5, 0.6) is 5.75 Å². The lowest BCUT2D eigenvalue weighted by Gasteiger charge is -2.11. The topological polar surface area (TPSA) is 55.1 Å². The van der Waals surface area contributed by atoms with Gasteiger partial charge in [0.25, 0.3) is 5.56 Å². The van der Waals surface area contributed by atoms with E-state index in [1.54, 1.807) is 0 Å². The molecule has 1 atom stereocenters. The van der Waals surface area contributed by atoms with Crippen LogP contribution in [-0.2, 0) is 6.54 Å². The van der Waals surface area contributed by atoms with E-state index < -0.39 is 0 Å². The van der Waals surface area contributed by atoms with E-state index in [4.69, 9.17) is 23.2 Å². The van der Waals surface area contributed by atoms with Crippen molar-refractivity contribution in [3.8, 4) is 5.75 Å². The zero-order valence-electron chi connectivity index (χ0n) is 11.2. The zero-order chi connectivity index (χ0) is 14.9. The molecule has 1 N–H and O–H groups in total. The molecule has 20 heavy (non-hydrogen) atoms. The summed E-state index contributed by atoms with van der Waals surface area (Å²) in [5, 5.41) is 10.3. The van der Waals surface area contributed by atoms with Crippen molar-refractivity contribution in [2.45, 2.75) is 32.5 Å². The molecule has 7 heteroatoms. The second kappa shape index (κ2) is 6.06. The van der Waals surface area contributed by atoms with Crippen molar-refractivity contribution in [2.75, 3.05) is 0 Å². The van der Waals surface area contributed by atoms with Crippen LogP contribution in [0.4, 0.5) is 0 Å². The SMILES string of the molecule is C[B]C(C)CCn1cnc2c(O)c(Cl)cc(Cl)c2c1=O. The van der Waals surface area contributed by atoms with Gasteiger partial charge in [0.15, 0.2) is 5.75 Å². The number of hydrogen-bond donors (Lipinski definition) is 1. The fourth-order valence-corrected chi connectivity index (χ4v) is 2.45. The average Bonchev–Trinajstić information content (AvgIpc) is 2.42. The molecule has 0 aliphatic carbocycles. The average molecular weight is 312 g/mol. The summed E-state index contributed by atoms with van der Waals surface area (Å²) < 4.78 is 1.50. The summed E-state index contributed by atoms with van der Waals surface area (Å²) in [6.07, 6.45) is 2.25. The van der Waals surface area contributed by atoms with Crippen LogP contribution in [0.1, 0.15) is 13.3 Å². The van der Waals surface area contributed by atoms with Crippen LogP contribution in [0.2, 0.25) is 22.7 Å². The Morgan fingerprint density at radius 2 is 2.15 bits per heavy atom. The Morgan fingerprint density at radius 3 is 2.80 bits per heavy atom. The highest BCUT2D eigenvalue weighted by atomic mass is 35.5. The van der Waals surface area contributed by atoms with Gasteiger partial charge in [0.1, 0.15) is 12.8 Å². The Hall–Kier alpha value is -1.20. The van der Waals surface area contributed by atoms with Gasteiger partial charge in [-0.15, -0.1) is 0 Å². The predicted molar refractivity (Wildman–Crippen MR) is 83.3 cm³/mol. The number of halogens is 2. The largest absolute Gasteiger partial charge is 0.504 e. The summed E-state index contributed by atoms with van der Waals surface area (Å²) in [6.45, 7) is 4.62. The van der Waals surface area contributed by atoms with Gasteiger partial charge in [-0.2, -0.15) is 0 Å². The van der Waals surface area contributed by atoms with Gasteiger partial charge >= 0.3 is 0 Å². The van der Waals surface area contributed by atoms with Crippen molar-refractivity contribution in [2.24, 2.45) is 0 Å². The van der Waals surface area contributed by atoms with Crippen molar-refractivity contribution in [1.29, 1.82) is 0 Å².